The number of hydrogen-bond donors (Lipinski definition) is 1. The molecule has 4 aliphatic heterocycles. The van der Waals surface area contributed by atoms with Crippen LogP contribution in [0.15, 0.2) is 0 Å². The average molecular weight is 378 g/mol. The Kier molecular flexibility index (Phi) is 7.66. The molecule has 4 aliphatic rings. The molecule has 3 unspecified atom stereocenters. The highest BCUT2D eigenvalue weighted by atomic mass is 35.5. The maximum absolute atomic E-state index is 12.7. The molecule has 0 saturated carbocycles. The van der Waals surface area contributed by atoms with E-state index >= 15 is 0 Å². The summed E-state index contributed by atoms with van der Waals surface area (Å²) in [6.07, 6.45) is 11.2. The van der Waals surface area contributed by atoms with Gasteiger partial charge in [-0.3, -0.25) is 9.69 Å². The van der Waals surface area contributed by atoms with Crippen LogP contribution in [0.4, 0.5) is 0 Å². The lowest BCUT2D eigenvalue weighted by molar-refractivity contribution is -0.131. The van der Waals surface area contributed by atoms with Gasteiger partial charge in [0.15, 0.2) is 0 Å². The SMILES string of the molecule is Cl.Cl.O=C(CC1CC2CCC(C1)N2)N1CCC(N2CCCCC2)C1. The highest BCUT2D eigenvalue weighted by molar-refractivity contribution is 5.85. The van der Waals surface area contributed by atoms with Gasteiger partial charge in [0.1, 0.15) is 0 Å². The van der Waals surface area contributed by atoms with Gasteiger partial charge in [0.25, 0.3) is 0 Å². The van der Waals surface area contributed by atoms with Crippen molar-refractivity contribution < 1.29 is 4.79 Å². The zero-order chi connectivity index (χ0) is 14.9. The lowest BCUT2D eigenvalue weighted by Gasteiger charge is -2.32. The molecule has 4 saturated heterocycles. The van der Waals surface area contributed by atoms with E-state index in [1.54, 1.807) is 0 Å². The first-order valence-corrected chi connectivity index (χ1v) is 9.56. The quantitative estimate of drug-likeness (QED) is 0.820. The Bertz CT molecular complexity index is 405. The van der Waals surface area contributed by atoms with E-state index in [0.717, 1.165) is 19.5 Å². The minimum absolute atomic E-state index is 0. The first-order chi connectivity index (χ1) is 10.8. The lowest BCUT2D eigenvalue weighted by Crippen LogP contribution is -2.42. The minimum Gasteiger partial charge on any atom is -0.341 e. The zero-order valence-corrected chi connectivity index (χ0v) is 16.3. The van der Waals surface area contributed by atoms with Crippen LogP contribution in [0, 0.1) is 5.92 Å². The molecule has 0 radical (unpaired) electrons. The van der Waals surface area contributed by atoms with Gasteiger partial charge in [-0.15, -0.1) is 24.8 Å². The van der Waals surface area contributed by atoms with E-state index in [1.807, 2.05) is 0 Å². The molecule has 1 N–H and O–H groups in total. The van der Waals surface area contributed by atoms with Crippen molar-refractivity contribution in [3.63, 3.8) is 0 Å². The Morgan fingerprint density at radius 3 is 2.25 bits per heavy atom. The van der Waals surface area contributed by atoms with Gasteiger partial charge in [-0.05, 0) is 64.0 Å². The number of carbonyl (C=O) groups excluding carboxylic acids is 1. The predicted octanol–water partition coefficient (Wildman–Crippen LogP) is 2.84. The summed E-state index contributed by atoms with van der Waals surface area (Å²) in [6, 6.07) is 2.06. The Morgan fingerprint density at radius 1 is 0.917 bits per heavy atom. The van der Waals surface area contributed by atoms with Crippen molar-refractivity contribution in [2.75, 3.05) is 26.2 Å². The summed E-state index contributed by atoms with van der Waals surface area (Å²) >= 11 is 0. The van der Waals surface area contributed by atoms with Crippen LogP contribution in [0.3, 0.4) is 0 Å². The molecule has 140 valence electrons. The number of hydrogen-bond acceptors (Lipinski definition) is 3. The van der Waals surface area contributed by atoms with Crippen LogP contribution in [0.5, 0.6) is 0 Å². The number of nitrogens with zero attached hydrogens (tertiary/aromatic N) is 2. The molecule has 4 rings (SSSR count). The van der Waals surface area contributed by atoms with Gasteiger partial charge < -0.3 is 10.2 Å². The van der Waals surface area contributed by atoms with Gasteiger partial charge >= 0.3 is 0 Å². The summed E-state index contributed by atoms with van der Waals surface area (Å²) in [5.74, 6) is 1.08. The summed E-state index contributed by atoms with van der Waals surface area (Å²) in [4.78, 5) is 17.5. The average Bonchev–Trinajstić information content (AvgIpc) is 3.15. The Labute approximate surface area is 158 Å². The summed E-state index contributed by atoms with van der Waals surface area (Å²) < 4.78 is 0. The molecule has 3 atom stereocenters. The van der Waals surface area contributed by atoms with Crippen molar-refractivity contribution in [2.45, 2.75) is 75.9 Å². The number of carbonyl (C=O) groups is 1. The zero-order valence-electron chi connectivity index (χ0n) is 14.6. The van der Waals surface area contributed by atoms with E-state index in [4.69, 9.17) is 0 Å². The highest BCUT2D eigenvalue weighted by Gasteiger charge is 2.36. The molecule has 24 heavy (non-hydrogen) atoms. The molecule has 4 fully saturated rings. The van der Waals surface area contributed by atoms with E-state index < -0.39 is 0 Å². The number of fused-ring (bicyclic) bond motifs is 2. The number of nitrogens with one attached hydrogen (secondary N) is 1. The van der Waals surface area contributed by atoms with Crippen LogP contribution in [0.1, 0.15) is 57.8 Å². The molecule has 0 aliphatic carbocycles. The van der Waals surface area contributed by atoms with Crippen molar-refractivity contribution in [3.05, 3.63) is 0 Å². The molecule has 4 nitrogen and oxygen atoms in total. The smallest absolute Gasteiger partial charge is 0.222 e. The van der Waals surface area contributed by atoms with Crippen LogP contribution >= 0.6 is 24.8 Å². The van der Waals surface area contributed by atoms with E-state index in [0.29, 0.717) is 30.0 Å². The molecule has 4 heterocycles. The molecular formula is C18H33Cl2N3O. The Balaban J connectivity index is 0.00000104. The number of rotatable bonds is 3. The highest BCUT2D eigenvalue weighted by Crippen LogP contribution is 2.33. The monoisotopic (exact) mass is 377 g/mol. The van der Waals surface area contributed by atoms with Crippen LogP contribution in [0.2, 0.25) is 0 Å². The van der Waals surface area contributed by atoms with E-state index in [9.17, 15) is 4.79 Å². The maximum atomic E-state index is 12.7. The third-order valence-electron chi connectivity index (χ3n) is 6.46. The minimum atomic E-state index is 0. The molecule has 0 aromatic heterocycles. The number of amides is 1. The van der Waals surface area contributed by atoms with Gasteiger partial charge in [-0.1, -0.05) is 6.42 Å². The predicted molar refractivity (Wildman–Crippen MR) is 102 cm³/mol. The van der Waals surface area contributed by atoms with E-state index in [1.165, 1.54) is 64.5 Å². The number of likely N-dealkylation sites (tertiary alicyclic amines) is 2. The van der Waals surface area contributed by atoms with Crippen LogP contribution in [0.25, 0.3) is 0 Å². The topological polar surface area (TPSA) is 35.6 Å². The lowest BCUT2D eigenvalue weighted by atomic mass is 9.89. The van der Waals surface area contributed by atoms with Crippen LogP contribution < -0.4 is 5.32 Å². The third kappa shape index (κ3) is 4.57. The second-order valence-corrected chi connectivity index (χ2v) is 8.06. The summed E-state index contributed by atoms with van der Waals surface area (Å²) in [5.41, 5.74) is 0. The fourth-order valence-electron chi connectivity index (χ4n) is 5.27. The molecule has 6 heteroatoms. The van der Waals surface area contributed by atoms with Crippen molar-refractivity contribution >= 4 is 30.7 Å². The van der Waals surface area contributed by atoms with Gasteiger partial charge in [0.05, 0.1) is 0 Å². The normalized spacial score (nSPS) is 36.1. The van der Waals surface area contributed by atoms with Crippen LogP contribution in [-0.4, -0.2) is 60.0 Å². The van der Waals surface area contributed by atoms with E-state index in [-0.39, 0.29) is 24.8 Å². The van der Waals surface area contributed by atoms with Gasteiger partial charge in [0.2, 0.25) is 5.91 Å². The molecule has 2 bridgehead atoms. The largest absolute Gasteiger partial charge is 0.341 e. The fraction of sp³-hybridized carbons (Fsp3) is 0.944. The van der Waals surface area contributed by atoms with Gasteiger partial charge in [0, 0.05) is 37.6 Å². The summed E-state index contributed by atoms with van der Waals surface area (Å²) in [5, 5.41) is 3.68. The maximum Gasteiger partial charge on any atom is 0.222 e. The first kappa shape index (κ1) is 20.3. The molecule has 0 aromatic rings. The molecule has 1 amide bonds. The van der Waals surface area contributed by atoms with Crippen molar-refractivity contribution in [2.24, 2.45) is 5.92 Å². The van der Waals surface area contributed by atoms with Gasteiger partial charge in [-0.2, -0.15) is 0 Å². The molecule has 0 aromatic carbocycles. The summed E-state index contributed by atoms with van der Waals surface area (Å²) in [7, 11) is 0. The second kappa shape index (κ2) is 9.07. The number of halogens is 2. The van der Waals surface area contributed by atoms with Crippen molar-refractivity contribution in [1.29, 1.82) is 0 Å². The second-order valence-electron chi connectivity index (χ2n) is 8.06. The third-order valence-corrected chi connectivity index (χ3v) is 6.46. The molecular weight excluding hydrogens is 345 g/mol. The van der Waals surface area contributed by atoms with E-state index in [2.05, 4.69) is 15.1 Å². The number of piperidine rings is 2. The summed E-state index contributed by atoms with van der Waals surface area (Å²) in [6.45, 7) is 4.50. The first-order valence-electron chi connectivity index (χ1n) is 9.56. The van der Waals surface area contributed by atoms with Crippen LogP contribution in [-0.2, 0) is 4.79 Å². The van der Waals surface area contributed by atoms with Crippen molar-refractivity contribution in [3.8, 4) is 0 Å². The Hall–Kier alpha value is -0.0300. The molecule has 0 spiro atoms. The standard InChI is InChI=1S/C18H31N3O.2ClH/c22-18(12-14-10-15-4-5-16(11-14)19-15)21-9-6-17(13-21)20-7-2-1-3-8-20;;/h14-17,19H,1-13H2;2*1H. The van der Waals surface area contributed by atoms with Gasteiger partial charge in [-0.25, -0.2) is 0 Å². The fourth-order valence-corrected chi connectivity index (χ4v) is 5.27. The van der Waals surface area contributed by atoms with Crippen molar-refractivity contribution in [1.82, 2.24) is 15.1 Å². The Morgan fingerprint density at radius 2 is 1.58 bits per heavy atom.